The second kappa shape index (κ2) is 6.49. The maximum absolute atomic E-state index is 3.25. The van der Waals surface area contributed by atoms with E-state index in [9.17, 15) is 0 Å². The molecule has 0 nitrogen and oxygen atoms in total. The zero-order chi connectivity index (χ0) is 3.58. The van der Waals surface area contributed by atoms with E-state index in [4.69, 9.17) is 0 Å². The molecule has 0 aromatic heterocycles. The summed E-state index contributed by atoms with van der Waals surface area (Å²) < 4.78 is 0. The number of rotatable bonds is 0. The van der Waals surface area contributed by atoms with E-state index in [1.165, 1.54) is 0 Å². The molecule has 0 aliphatic carbocycles. The summed E-state index contributed by atoms with van der Waals surface area (Å²) in [6.45, 7) is 0. The van der Waals surface area contributed by atoms with Crippen LogP contribution in [0.4, 0.5) is 0 Å². The molecule has 0 radical (unpaired) electrons. The molecule has 0 aliphatic rings. The molecule has 0 rings (SSSR count). The minimum atomic E-state index is -0.732. The predicted molar refractivity (Wildman–Crippen MR) is 37.9 cm³/mol. The fraction of sp³-hybridized carbons (Fsp3) is 0. The van der Waals surface area contributed by atoms with Crippen LogP contribution in [-0.4, -0.2) is 0 Å². The molecule has 1 atom stereocenters. The van der Waals surface area contributed by atoms with E-state index >= 15 is 0 Å². The molecular formula is H3Br3PRu. The van der Waals surface area contributed by atoms with E-state index in [2.05, 4.69) is 40.9 Å². The van der Waals surface area contributed by atoms with Gasteiger partial charge in [-0.2, -0.15) is 9.90 Å². The van der Waals surface area contributed by atoms with E-state index in [1.807, 2.05) is 0 Å². The number of hydrogen-bond donors (Lipinski definition) is 0. The van der Waals surface area contributed by atoms with Crippen molar-refractivity contribution in [2.45, 2.75) is 0 Å². The molecule has 1 unspecified atom stereocenters. The van der Waals surface area contributed by atoms with Crippen molar-refractivity contribution in [3.8, 4) is 0 Å². The van der Waals surface area contributed by atoms with Crippen molar-refractivity contribution in [1.82, 2.24) is 0 Å². The number of halogens is 3. The van der Waals surface area contributed by atoms with E-state index in [-0.39, 0.29) is 9.90 Å². The summed E-state index contributed by atoms with van der Waals surface area (Å²) >= 11 is 9.74. The molecule has 37 valence electrons. The first-order valence-corrected chi connectivity index (χ1v) is 12.3. The molecule has 0 amide bonds. The van der Waals surface area contributed by atoms with Gasteiger partial charge >= 0.3 is 50.9 Å². The van der Waals surface area contributed by atoms with Gasteiger partial charge in [0.2, 0.25) is 0 Å². The van der Waals surface area contributed by atoms with Crippen LogP contribution in [0.2, 0.25) is 0 Å². The maximum atomic E-state index is 3.25. The van der Waals surface area contributed by atoms with Crippen molar-refractivity contribution in [2.75, 3.05) is 0 Å². The van der Waals surface area contributed by atoms with Gasteiger partial charge in [-0.1, -0.05) is 0 Å². The summed E-state index contributed by atoms with van der Waals surface area (Å²) in [5.41, 5.74) is 0. The van der Waals surface area contributed by atoms with Crippen molar-refractivity contribution >= 4 is 50.8 Å². The van der Waals surface area contributed by atoms with Gasteiger partial charge in [-0.15, -0.1) is 0 Å². The van der Waals surface area contributed by atoms with Gasteiger partial charge in [0.15, 0.2) is 0 Å². The molecule has 5 heteroatoms. The van der Waals surface area contributed by atoms with Gasteiger partial charge in [-0.05, 0) is 0 Å². The van der Waals surface area contributed by atoms with Crippen LogP contribution >= 0.6 is 50.8 Å². The quantitative estimate of drug-likeness (QED) is 0.451. The first-order chi connectivity index (χ1) is 1.73. The number of hydrogen-bond acceptors (Lipinski definition) is 0. The van der Waals surface area contributed by atoms with Gasteiger partial charge in [0, 0.05) is 0 Å². The van der Waals surface area contributed by atoms with Crippen molar-refractivity contribution in [3.05, 3.63) is 0 Å². The van der Waals surface area contributed by atoms with Crippen LogP contribution in [0.5, 0.6) is 0 Å². The fourth-order valence-electron chi connectivity index (χ4n) is 0. The van der Waals surface area contributed by atoms with E-state index < -0.39 is 10.1 Å². The standard InChI is InChI=1S/3BrH.H3P.Ru/h3*1H;1H3;/q;;;;+3/p-3. The van der Waals surface area contributed by atoms with Crippen molar-refractivity contribution < 1.29 is 10.1 Å². The fourth-order valence-corrected chi connectivity index (χ4v) is 0. The SMILES string of the molecule is P.[Br][Ru]([Br])[Br]. The molecule has 5 heavy (non-hydrogen) atoms. The first-order valence-electron chi connectivity index (χ1n) is 0.401. The Morgan fingerprint density at radius 3 is 1.00 bits per heavy atom. The average molecular weight is 375 g/mol. The molecule has 0 aliphatic heterocycles. The Hall–Kier alpha value is 2.49. The normalized spacial score (nSPS) is 9.00. The Kier molecular flexibility index (Phi) is 13.6. The van der Waals surface area contributed by atoms with Gasteiger partial charge in [-0.3, -0.25) is 0 Å². The molecule has 0 saturated heterocycles. The summed E-state index contributed by atoms with van der Waals surface area (Å²) in [6, 6.07) is 0. The third kappa shape index (κ3) is 21.1. The van der Waals surface area contributed by atoms with Gasteiger partial charge in [0.1, 0.15) is 0 Å². The monoisotopic (exact) mass is 373 g/mol. The van der Waals surface area contributed by atoms with Gasteiger partial charge in [0.05, 0.1) is 0 Å². The van der Waals surface area contributed by atoms with Crippen LogP contribution in [-0.2, 0) is 10.1 Å². The van der Waals surface area contributed by atoms with E-state index in [1.54, 1.807) is 0 Å². The summed E-state index contributed by atoms with van der Waals surface area (Å²) in [7, 11) is -0.732. The van der Waals surface area contributed by atoms with Crippen LogP contribution in [0.3, 0.4) is 0 Å². The summed E-state index contributed by atoms with van der Waals surface area (Å²) in [5, 5.41) is 0. The van der Waals surface area contributed by atoms with E-state index in [0.717, 1.165) is 0 Å². The molecule has 0 heterocycles. The summed E-state index contributed by atoms with van der Waals surface area (Å²) in [5.74, 6) is 0. The zero-order valence-electron chi connectivity index (χ0n) is 2.19. The Morgan fingerprint density at radius 2 is 1.00 bits per heavy atom. The third-order valence-electron chi connectivity index (χ3n) is 0. The molecule has 0 spiro atoms. The Balaban J connectivity index is 0. The minimum absolute atomic E-state index is 0. The third-order valence-corrected chi connectivity index (χ3v) is 0. The van der Waals surface area contributed by atoms with E-state index in [0.29, 0.717) is 0 Å². The Morgan fingerprint density at radius 1 is 1.00 bits per heavy atom. The van der Waals surface area contributed by atoms with Gasteiger partial charge in [0.25, 0.3) is 0 Å². The second-order valence-electron chi connectivity index (χ2n) is 0.152. The van der Waals surface area contributed by atoms with Crippen molar-refractivity contribution in [3.63, 3.8) is 0 Å². The molecule has 0 aromatic rings. The molecule has 0 aromatic carbocycles. The Labute approximate surface area is 60.1 Å². The van der Waals surface area contributed by atoms with Crippen molar-refractivity contribution in [1.29, 1.82) is 0 Å². The Bertz CT molecular complexity index is 11.6. The van der Waals surface area contributed by atoms with Crippen LogP contribution in [0.1, 0.15) is 0 Å². The predicted octanol–water partition coefficient (Wildman–Crippen LogP) is 2.59. The van der Waals surface area contributed by atoms with Gasteiger partial charge < -0.3 is 0 Å². The molecule has 0 bridgehead atoms. The van der Waals surface area contributed by atoms with Gasteiger partial charge in [-0.25, -0.2) is 0 Å². The van der Waals surface area contributed by atoms with Crippen LogP contribution in [0.15, 0.2) is 0 Å². The molecule has 0 fully saturated rings. The second-order valence-corrected chi connectivity index (χ2v) is 24.2. The van der Waals surface area contributed by atoms with Crippen LogP contribution in [0.25, 0.3) is 0 Å². The molecule has 0 saturated carbocycles. The molecular weight excluding hydrogens is 372 g/mol. The summed E-state index contributed by atoms with van der Waals surface area (Å²) in [4.78, 5) is 0. The van der Waals surface area contributed by atoms with Crippen molar-refractivity contribution in [2.24, 2.45) is 0 Å². The van der Waals surface area contributed by atoms with Crippen LogP contribution in [0, 0.1) is 0 Å². The first kappa shape index (κ1) is 10.5. The van der Waals surface area contributed by atoms with Crippen LogP contribution < -0.4 is 0 Å². The topological polar surface area (TPSA) is 0 Å². The summed E-state index contributed by atoms with van der Waals surface area (Å²) in [6.07, 6.45) is 0. The zero-order valence-corrected chi connectivity index (χ0v) is 10.1. The molecule has 0 N–H and O–H groups in total. The average Bonchev–Trinajstić information content (AvgIpc) is 0.811.